The van der Waals surface area contributed by atoms with E-state index in [1.54, 1.807) is 6.92 Å². The minimum absolute atomic E-state index is 0.255. The van der Waals surface area contributed by atoms with E-state index in [2.05, 4.69) is 12.6 Å². The van der Waals surface area contributed by atoms with E-state index in [0.717, 1.165) is 13.0 Å². The van der Waals surface area contributed by atoms with E-state index >= 15 is 0 Å². The van der Waals surface area contributed by atoms with Gasteiger partial charge < -0.3 is 5.11 Å². The highest BCUT2D eigenvalue weighted by molar-refractivity contribution is 7.92. The topological polar surface area (TPSA) is 97.5 Å². The average Bonchev–Trinajstić information content (AvgIpc) is 2.27. The monoisotopic (exact) mass is 291 g/mol. The highest BCUT2D eigenvalue weighted by Gasteiger charge is 2.27. The fraction of sp³-hybridized carbons (Fsp3) is 0.400. The number of sulfone groups is 1. The van der Waals surface area contributed by atoms with Gasteiger partial charge in [-0.3, -0.25) is 10.1 Å². The van der Waals surface area contributed by atoms with Crippen LogP contribution in [0.4, 0.5) is 5.69 Å². The van der Waals surface area contributed by atoms with E-state index in [1.807, 2.05) is 0 Å². The summed E-state index contributed by atoms with van der Waals surface area (Å²) >= 11 is 4.13. The van der Waals surface area contributed by atoms with Crippen LogP contribution >= 0.6 is 12.6 Å². The molecule has 1 N–H and O–H groups in total. The molecule has 1 aromatic rings. The Morgan fingerprint density at radius 1 is 1.39 bits per heavy atom. The number of non-ortho nitro benzene ring substituents is 1. The van der Waals surface area contributed by atoms with Crippen molar-refractivity contribution in [3.05, 3.63) is 33.9 Å². The fourth-order valence-corrected chi connectivity index (χ4v) is 2.95. The van der Waals surface area contributed by atoms with E-state index in [4.69, 9.17) is 0 Å². The lowest BCUT2D eigenvalue weighted by atomic mass is 10.1. The van der Waals surface area contributed by atoms with Gasteiger partial charge in [-0.05, 0) is 25.5 Å². The number of aliphatic hydroxyl groups excluding tert-OH is 1. The van der Waals surface area contributed by atoms with Crippen LogP contribution in [0.15, 0.2) is 23.1 Å². The zero-order valence-corrected chi connectivity index (χ0v) is 11.5. The molecule has 0 fully saturated rings. The maximum absolute atomic E-state index is 11.9. The molecule has 0 aromatic heterocycles. The van der Waals surface area contributed by atoms with Gasteiger partial charge >= 0.3 is 0 Å². The highest BCUT2D eigenvalue weighted by Crippen LogP contribution is 2.31. The molecule has 6 nitrogen and oxygen atoms in total. The molecule has 0 heterocycles. The SMILES string of the molecule is CC(S)c1ccc([N+](=O)[O-])cc1S(=O)(=O)C(C)O. The molecular weight excluding hydrogens is 278 g/mol. The summed E-state index contributed by atoms with van der Waals surface area (Å²) < 4.78 is 23.9. The third kappa shape index (κ3) is 2.82. The first-order chi connectivity index (χ1) is 8.17. The Bertz CT molecular complexity index is 566. The Morgan fingerprint density at radius 2 is 1.94 bits per heavy atom. The quantitative estimate of drug-likeness (QED) is 0.500. The summed E-state index contributed by atoms with van der Waals surface area (Å²) in [6.07, 6.45) is 0. The lowest BCUT2D eigenvalue weighted by Crippen LogP contribution is -2.19. The van der Waals surface area contributed by atoms with Gasteiger partial charge in [-0.15, -0.1) is 0 Å². The van der Waals surface area contributed by atoms with Crippen molar-refractivity contribution in [2.24, 2.45) is 0 Å². The summed E-state index contributed by atoms with van der Waals surface area (Å²) in [5.74, 6) is 0. The van der Waals surface area contributed by atoms with E-state index in [-0.39, 0.29) is 10.6 Å². The number of aliphatic hydroxyl groups is 1. The fourth-order valence-electron chi connectivity index (χ4n) is 1.41. The van der Waals surface area contributed by atoms with Crippen LogP contribution in [0, 0.1) is 10.1 Å². The predicted molar refractivity (Wildman–Crippen MR) is 69.4 cm³/mol. The Hall–Kier alpha value is -1.12. The van der Waals surface area contributed by atoms with Gasteiger partial charge in [0.2, 0.25) is 9.84 Å². The molecule has 8 heteroatoms. The van der Waals surface area contributed by atoms with Gasteiger partial charge in [0.15, 0.2) is 5.44 Å². The van der Waals surface area contributed by atoms with Crippen molar-refractivity contribution in [1.29, 1.82) is 0 Å². The highest BCUT2D eigenvalue weighted by atomic mass is 32.2. The van der Waals surface area contributed by atoms with Gasteiger partial charge in [-0.2, -0.15) is 12.6 Å². The van der Waals surface area contributed by atoms with Crippen LogP contribution in [0.1, 0.15) is 24.7 Å². The van der Waals surface area contributed by atoms with Crippen molar-refractivity contribution in [2.45, 2.75) is 29.4 Å². The maximum atomic E-state index is 11.9. The van der Waals surface area contributed by atoms with Crippen molar-refractivity contribution in [2.75, 3.05) is 0 Å². The zero-order chi connectivity index (χ0) is 14.1. The first kappa shape index (κ1) is 14.9. The summed E-state index contributed by atoms with van der Waals surface area (Å²) in [5.41, 5.74) is -1.65. The number of hydrogen-bond acceptors (Lipinski definition) is 6. The van der Waals surface area contributed by atoms with Gasteiger partial charge in [0.25, 0.3) is 5.69 Å². The molecule has 0 radical (unpaired) electrons. The largest absolute Gasteiger partial charge is 0.377 e. The molecule has 0 spiro atoms. The van der Waals surface area contributed by atoms with Crippen LogP contribution < -0.4 is 0 Å². The number of hydrogen-bond donors (Lipinski definition) is 2. The van der Waals surface area contributed by atoms with Crippen LogP contribution in [0.25, 0.3) is 0 Å². The Morgan fingerprint density at radius 3 is 2.33 bits per heavy atom. The van der Waals surface area contributed by atoms with Crippen LogP contribution in [0.3, 0.4) is 0 Å². The number of nitro groups is 1. The summed E-state index contributed by atoms with van der Waals surface area (Å²) in [4.78, 5) is 9.72. The van der Waals surface area contributed by atoms with Gasteiger partial charge in [-0.1, -0.05) is 0 Å². The number of rotatable bonds is 4. The van der Waals surface area contributed by atoms with Crippen LogP contribution in [-0.2, 0) is 9.84 Å². The second-order valence-corrected chi connectivity index (χ2v) is 6.79. The molecule has 1 rings (SSSR count). The molecular formula is C10H13NO5S2. The Kier molecular flexibility index (Phi) is 4.36. The van der Waals surface area contributed by atoms with Gasteiger partial charge in [-0.25, -0.2) is 8.42 Å². The molecule has 0 aliphatic heterocycles. The minimum Gasteiger partial charge on any atom is -0.377 e. The third-order valence-corrected chi connectivity index (χ3v) is 4.56. The van der Waals surface area contributed by atoms with Crippen LogP contribution in [0.2, 0.25) is 0 Å². The lowest BCUT2D eigenvalue weighted by Gasteiger charge is -2.14. The third-order valence-electron chi connectivity index (χ3n) is 2.41. The maximum Gasteiger partial charge on any atom is 0.270 e. The summed E-state index contributed by atoms with van der Waals surface area (Å²) in [6, 6.07) is 3.50. The summed E-state index contributed by atoms with van der Waals surface area (Å²) in [7, 11) is -4.01. The van der Waals surface area contributed by atoms with Crippen LogP contribution in [0.5, 0.6) is 0 Å². The molecule has 2 atom stereocenters. The lowest BCUT2D eigenvalue weighted by molar-refractivity contribution is -0.385. The standard InChI is InChI=1S/C10H13NO5S2/c1-6(17)9-4-3-8(11(13)14)5-10(9)18(15,16)7(2)12/h3-7,12,17H,1-2H3. The van der Waals surface area contributed by atoms with E-state index < -0.39 is 25.4 Å². The molecule has 100 valence electrons. The van der Waals surface area contributed by atoms with Crippen molar-refractivity contribution in [3.63, 3.8) is 0 Å². The summed E-state index contributed by atoms with van der Waals surface area (Å²) in [5, 5.41) is 19.5. The average molecular weight is 291 g/mol. The molecule has 0 saturated heterocycles. The predicted octanol–water partition coefficient (Wildman–Crippen LogP) is 1.70. The first-order valence-corrected chi connectivity index (χ1v) is 7.12. The van der Waals surface area contributed by atoms with E-state index in [1.165, 1.54) is 12.1 Å². The molecule has 2 unspecified atom stereocenters. The van der Waals surface area contributed by atoms with Crippen molar-refractivity contribution < 1.29 is 18.4 Å². The smallest absolute Gasteiger partial charge is 0.270 e. The van der Waals surface area contributed by atoms with Crippen molar-refractivity contribution >= 4 is 28.2 Å². The normalized spacial score (nSPS) is 15.1. The van der Waals surface area contributed by atoms with Gasteiger partial charge in [0, 0.05) is 17.4 Å². The number of benzene rings is 1. The second kappa shape index (κ2) is 5.25. The summed E-state index contributed by atoms with van der Waals surface area (Å²) in [6.45, 7) is 2.74. The van der Waals surface area contributed by atoms with Gasteiger partial charge in [0.1, 0.15) is 0 Å². The molecule has 1 aromatic carbocycles. The van der Waals surface area contributed by atoms with Crippen molar-refractivity contribution in [1.82, 2.24) is 0 Å². The molecule has 0 amide bonds. The van der Waals surface area contributed by atoms with Crippen LogP contribution in [-0.4, -0.2) is 23.9 Å². The second-order valence-electron chi connectivity index (χ2n) is 3.80. The molecule has 0 bridgehead atoms. The number of nitrogens with zero attached hydrogens (tertiary/aromatic N) is 1. The molecule has 0 aliphatic carbocycles. The van der Waals surface area contributed by atoms with Gasteiger partial charge in [0.05, 0.1) is 9.82 Å². The van der Waals surface area contributed by atoms with E-state index in [0.29, 0.717) is 5.56 Å². The molecule has 0 aliphatic rings. The van der Waals surface area contributed by atoms with Crippen molar-refractivity contribution in [3.8, 4) is 0 Å². The molecule has 0 saturated carbocycles. The number of thiol groups is 1. The Labute approximate surface area is 110 Å². The zero-order valence-electron chi connectivity index (χ0n) is 9.77. The minimum atomic E-state index is -4.01. The Balaban J connectivity index is 3.57. The first-order valence-electron chi connectivity index (χ1n) is 5.06. The van der Waals surface area contributed by atoms with E-state index in [9.17, 15) is 23.6 Å². The number of nitro benzene ring substituents is 1. The molecule has 18 heavy (non-hydrogen) atoms.